The van der Waals surface area contributed by atoms with E-state index < -0.39 is 24.5 Å². The number of hydrogen-bond acceptors (Lipinski definition) is 4. The highest BCUT2D eigenvalue weighted by Crippen LogP contribution is 2.36. The minimum Gasteiger partial charge on any atom is -0.481 e. The van der Waals surface area contributed by atoms with Gasteiger partial charge >= 0.3 is 18.6 Å². The van der Waals surface area contributed by atoms with Gasteiger partial charge in [0, 0.05) is 17.4 Å². The first-order valence-corrected chi connectivity index (χ1v) is 12.0. The summed E-state index contributed by atoms with van der Waals surface area (Å²) in [6.07, 6.45) is 2.17. The van der Waals surface area contributed by atoms with Crippen LogP contribution in [-0.2, 0) is 4.79 Å². The summed E-state index contributed by atoms with van der Waals surface area (Å²) in [7, 11) is 0. The predicted octanol–water partition coefficient (Wildman–Crippen LogP) is 6.82. The van der Waals surface area contributed by atoms with Crippen molar-refractivity contribution in [1.29, 1.82) is 0 Å². The van der Waals surface area contributed by atoms with E-state index in [1.165, 1.54) is 6.07 Å². The quantitative estimate of drug-likeness (QED) is 0.443. The van der Waals surface area contributed by atoms with Gasteiger partial charge in [-0.1, -0.05) is 52.3 Å². The van der Waals surface area contributed by atoms with Gasteiger partial charge in [-0.3, -0.25) is 9.69 Å². The van der Waals surface area contributed by atoms with Crippen LogP contribution in [-0.4, -0.2) is 34.7 Å². The fraction of sp³-hybridized carbons (Fsp3) is 0.500. The molecule has 2 amide bonds. The summed E-state index contributed by atoms with van der Waals surface area (Å²) in [6.45, 7) is 6.55. The average molecular weight is 492 g/mol. The van der Waals surface area contributed by atoms with E-state index in [-0.39, 0.29) is 23.5 Å². The summed E-state index contributed by atoms with van der Waals surface area (Å²) >= 11 is 0. The van der Waals surface area contributed by atoms with Gasteiger partial charge in [0.1, 0.15) is 5.69 Å². The van der Waals surface area contributed by atoms with Crippen LogP contribution in [0.25, 0.3) is 0 Å². The molecule has 2 N–H and O–H groups in total. The maximum Gasteiger partial charge on any atom is 0.388 e. The summed E-state index contributed by atoms with van der Waals surface area (Å²) < 4.78 is 30.3. The molecule has 1 fully saturated rings. The Kier molecular flexibility index (Phi) is 10.4. The Morgan fingerprint density at radius 1 is 1.14 bits per heavy atom. The van der Waals surface area contributed by atoms with E-state index in [9.17, 15) is 23.5 Å². The number of alkyl halides is 2. The summed E-state index contributed by atoms with van der Waals surface area (Å²) in [6, 6.07) is 9.58. The van der Waals surface area contributed by atoms with Crippen molar-refractivity contribution < 1.29 is 28.2 Å². The number of carboxylic acid groups (broad SMARTS) is 1. The van der Waals surface area contributed by atoms with Gasteiger partial charge < -0.3 is 15.2 Å². The molecule has 7 nitrogen and oxygen atoms in total. The summed E-state index contributed by atoms with van der Waals surface area (Å²) in [5, 5.41) is 12.2. The first-order valence-electron chi connectivity index (χ1n) is 12.0. The zero-order valence-corrected chi connectivity index (χ0v) is 20.9. The first-order chi connectivity index (χ1) is 16.7. The third-order valence-corrected chi connectivity index (χ3v) is 5.84. The van der Waals surface area contributed by atoms with Gasteiger partial charge in [-0.15, -0.1) is 0 Å². The molecule has 0 radical (unpaired) electrons. The first kappa shape index (κ1) is 28.0. The molecule has 2 aromatic rings. The fourth-order valence-electron chi connectivity index (χ4n) is 4.27. The van der Waals surface area contributed by atoms with Crippen LogP contribution in [0, 0.1) is 12.8 Å². The molecule has 192 valence electrons. The van der Waals surface area contributed by atoms with Gasteiger partial charge in [0.25, 0.3) is 0 Å². The molecule has 35 heavy (non-hydrogen) atoms. The number of rotatable bonds is 7. The van der Waals surface area contributed by atoms with Crippen molar-refractivity contribution in [3.8, 4) is 5.88 Å². The van der Waals surface area contributed by atoms with E-state index in [4.69, 9.17) is 0 Å². The average Bonchev–Trinajstić information content (AvgIpc) is 2.82. The molecule has 0 saturated heterocycles. The number of carbonyl (C=O) groups excluding carboxylic acids is 1. The molecular formula is C26H35F2N3O4. The molecule has 2 atom stereocenters. The third-order valence-electron chi connectivity index (χ3n) is 5.84. The van der Waals surface area contributed by atoms with Crippen molar-refractivity contribution in [3.05, 3.63) is 47.7 Å². The molecule has 1 aliphatic rings. The van der Waals surface area contributed by atoms with Crippen molar-refractivity contribution in [3.63, 3.8) is 0 Å². The van der Waals surface area contributed by atoms with Crippen molar-refractivity contribution in [2.75, 3.05) is 10.2 Å². The molecule has 1 heterocycles. The van der Waals surface area contributed by atoms with Crippen LogP contribution in [0.3, 0.4) is 0 Å². The number of benzene rings is 1. The van der Waals surface area contributed by atoms with Crippen LogP contribution >= 0.6 is 0 Å². The normalized spacial score (nSPS) is 17.4. The lowest BCUT2D eigenvalue weighted by atomic mass is 9.84. The number of urea groups is 1. The highest BCUT2D eigenvalue weighted by atomic mass is 19.3. The Bertz CT molecular complexity index is 1000. The molecule has 9 heteroatoms. The van der Waals surface area contributed by atoms with Gasteiger partial charge in [-0.2, -0.15) is 8.78 Å². The SMILES string of the molecule is CC.Cc1ccc(NC(=O)N(c2ccccc2C(C)C)C2CCCC(C(=O)O)C2)c(OC(F)F)n1. The molecule has 0 bridgehead atoms. The van der Waals surface area contributed by atoms with Gasteiger partial charge in [0.2, 0.25) is 5.88 Å². The van der Waals surface area contributed by atoms with Crippen molar-refractivity contribution in [1.82, 2.24) is 4.98 Å². The summed E-state index contributed by atoms with van der Waals surface area (Å²) in [4.78, 5) is 30.8. The van der Waals surface area contributed by atoms with Crippen LogP contribution in [0.1, 0.15) is 70.6 Å². The second-order valence-electron chi connectivity index (χ2n) is 8.55. The fourth-order valence-corrected chi connectivity index (χ4v) is 4.27. The zero-order chi connectivity index (χ0) is 26.1. The van der Waals surface area contributed by atoms with Crippen molar-refractivity contribution >= 4 is 23.4 Å². The molecule has 1 saturated carbocycles. The number of ether oxygens (including phenoxy) is 1. The number of pyridine rings is 1. The van der Waals surface area contributed by atoms with E-state index in [1.54, 1.807) is 17.9 Å². The maximum absolute atomic E-state index is 13.6. The number of anilines is 2. The van der Waals surface area contributed by atoms with E-state index in [0.29, 0.717) is 37.1 Å². The highest BCUT2D eigenvalue weighted by Gasteiger charge is 2.35. The van der Waals surface area contributed by atoms with Crippen LogP contribution in [0.4, 0.5) is 25.0 Å². The monoisotopic (exact) mass is 491 g/mol. The second-order valence-corrected chi connectivity index (χ2v) is 8.55. The van der Waals surface area contributed by atoms with Crippen LogP contribution in [0.15, 0.2) is 36.4 Å². The smallest absolute Gasteiger partial charge is 0.388 e. The summed E-state index contributed by atoms with van der Waals surface area (Å²) in [5.41, 5.74) is 2.07. The Labute approximate surface area is 205 Å². The van der Waals surface area contributed by atoms with Crippen molar-refractivity contribution in [2.45, 2.75) is 78.9 Å². The Hall–Kier alpha value is -3.23. The third kappa shape index (κ3) is 7.37. The number of para-hydroxylation sites is 1. The van der Waals surface area contributed by atoms with Crippen LogP contribution in [0.5, 0.6) is 5.88 Å². The number of nitrogens with one attached hydrogen (secondary N) is 1. The van der Waals surface area contributed by atoms with Gasteiger partial charge in [0.05, 0.1) is 5.92 Å². The lowest BCUT2D eigenvalue weighted by molar-refractivity contribution is -0.142. The van der Waals surface area contributed by atoms with Crippen LogP contribution in [0.2, 0.25) is 0 Å². The standard InChI is InChI=1S/C24H29F2N3O4.C2H6/c1-14(2)18-9-4-5-10-20(18)29(17-8-6-7-16(13-17)22(30)31)24(32)28-19-12-11-15(3)27-21(19)33-23(25)26;1-2/h4-5,9-12,14,16-17,23H,6-8,13H2,1-3H3,(H,28,32)(H,30,31);1-2H3. The number of carboxylic acids is 1. The molecular weight excluding hydrogens is 456 g/mol. The van der Waals surface area contributed by atoms with E-state index in [0.717, 1.165) is 5.56 Å². The second kappa shape index (κ2) is 13.0. The number of nitrogens with zero attached hydrogens (tertiary/aromatic N) is 2. The lowest BCUT2D eigenvalue weighted by Crippen LogP contribution is -2.46. The maximum atomic E-state index is 13.6. The number of amides is 2. The number of halogens is 2. The van der Waals surface area contributed by atoms with E-state index >= 15 is 0 Å². The Balaban J connectivity index is 0.00000210. The molecule has 3 rings (SSSR count). The number of aryl methyl sites for hydroxylation is 1. The molecule has 1 aliphatic carbocycles. The Morgan fingerprint density at radius 3 is 2.46 bits per heavy atom. The summed E-state index contributed by atoms with van der Waals surface area (Å²) in [5.74, 6) is -1.70. The van der Waals surface area contributed by atoms with Crippen molar-refractivity contribution in [2.24, 2.45) is 5.92 Å². The molecule has 2 unspecified atom stereocenters. The van der Waals surface area contributed by atoms with Crippen LogP contribution < -0.4 is 15.0 Å². The number of carbonyl (C=O) groups is 2. The highest BCUT2D eigenvalue weighted by molar-refractivity contribution is 6.03. The zero-order valence-electron chi connectivity index (χ0n) is 20.9. The molecule has 0 aliphatic heterocycles. The van der Waals surface area contributed by atoms with Gasteiger partial charge in [-0.25, -0.2) is 9.78 Å². The topological polar surface area (TPSA) is 91.8 Å². The number of aliphatic carboxylic acids is 1. The van der Waals surface area contributed by atoms with E-state index in [1.807, 2.05) is 52.0 Å². The minimum absolute atomic E-state index is 0.0172. The van der Waals surface area contributed by atoms with E-state index in [2.05, 4.69) is 15.0 Å². The minimum atomic E-state index is -3.10. The molecule has 1 aromatic carbocycles. The Morgan fingerprint density at radius 2 is 1.83 bits per heavy atom. The predicted molar refractivity (Wildman–Crippen MR) is 132 cm³/mol. The number of aromatic nitrogens is 1. The lowest BCUT2D eigenvalue weighted by Gasteiger charge is -2.37. The van der Waals surface area contributed by atoms with Gasteiger partial charge in [0.15, 0.2) is 0 Å². The number of hydrogen-bond donors (Lipinski definition) is 2. The van der Waals surface area contributed by atoms with Gasteiger partial charge in [-0.05, 0) is 55.9 Å². The molecule has 0 spiro atoms. The molecule has 1 aromatic heterocycles. The largest absolute Gasteiger partial charge is 0.481 e.